The topological polar surface area (TPSA) is 72.0 Å². The number of hydrogen-bond donors (Lipinski definition) is 1. The normalized spacial score (nSPS) is 11.2. The molecule has 20 heavy (non-hydrogen) atoms. The van der Waals surface area contributed by atoms with Gasteiger partial charge in [0.2, 0.25) is 10.0 Å². The lowest BCUT2D eigenvalue weighted by Gasteiger charge is -2.07. The maximum Gasteiger partial charge on any atom is 0.232 e. The molecule has 2 aromatic rings. The zero-order valence-corrected chi connectivity index (χ0v) is 12.2. The van der Waals surface area contributed by atoms with E-state index in [-0.39, 0.29) is 5.75 Å². The number of rotatable bonds is 6. The van der Waals surface area contributed by atoms with Gasteiger partial charge in [-0.15, -0.1) is 11.6 Å². The summed E-state index contributed by atoms with van der Waals surface area (Å²) in [6.45, 7) is 0. The fourth-order valence-electron chi connectivity index (χ4n) is 1.59. The van der Waals surface area contributed by atoms with Gasteiger partial charge in [0.05, 0.1) is 23.8 Å². The SMILES string of the molecule is O=S(=O)(CCCCl)Nc1cnc(-c2ccccc2)nc1. The summed E-state index contributed by atoms with van der Waals surface area (Å²) < 4.78 is 25.8. The van der Waals surface area contributed by atoms with Gasteiger partial charge in [-0.1, -0.05) is 30.3 Å². The Labute approximate surface area is 123 Å². The van der Waals surface area contributed by atoms with Crippen molar-refractivity contribution in [1.29, 1.82) is 0 Å². The fourth-order valence-corrected chi connectivity index (χ4v) is 2.98. The summed E-state index contributed by atoms with van der Waals surface area (Å²) in [6, 6.07) is 9.46. The maximum atomic E-state index is 11.7. The van der Waals surface area contributed by atoms with E-state index < -0.39 is 10.0 Å². The van der Waals surface area contributed by atoms with Crippen molar-refractivity contribution in [2.75, 3.05) is 16.4 Å². The average Bonchev–Trinajstić information content (AvgIpc) is 2.46. The molecular formula is C13H14ClN3O2S. The fraction of sp³-hybridized carbons (Fsp3) is 0.231. The Morgan fingerprint density at radius 1 is 1.10 bits per heavy atom. The van der Waals surface area contributed by atoms with Crippen molar-refractivity contribution in [1.82, 2.24) is 9.97 Å². The van der Waals surface area contributed by atoms with Crippen LogP contribution in [-0.2, 0) is 10.0 Å². The minimum Gasteiger partial charge on any atom is -0.280 e. The first-order valence-electron chi connectivity index (χ1n) is 6.05. The van der Waals surface area contributed by atoms with E-state index in [4.69, 9.17) is 11.6 Å². The Morgan fingerprint density at radius 3 is 2.35 bits per heavy atom. The second-order valence-corrected chi connectivity index (χ2v) is 6.34. The van der Waals surface area contributed by atoms with E-state index in [0.717, 1.165) is 5.56 Å². The Bertz CT molecular complexity index is 645. The Morgan fingerprint density at radius 2 is 1.75 bits per heavy atom. The van der Waals surface area contributed by atoms with Crippen molar-refractivity contribution in [2.45, 2.75) is 6.42 Å². The third kappa shape index (κ3) is 4.18. The number of alkyl halides is 1. The molecule has 0 aliphatic heterocycles. The monoisotopic (exact) mass is 311 g/mol. The molecule has 106 valence electrons. The van der Waals surface area contributed by atoms with Gasteiger partial charge in [0, 0.05) is 11.4 Å². The number of hydrogen-bond acceptors (Lipinski definition) is 4. The molecule has 2 rings (SSSR count). The van der Waals surface area contributed by atoms with Gasteiger partial charge < -0.3 is 0 Å². The lowest BCUT2D eigenvalue weighted by Crippen LogP contribution is -2.17. The zero-order valence-electron chi connectivity index (χ0n) is 10.7. The predicted molar refractivity (Wildman–Crippen MR) is 80.2 cm³/mol. The summed E-state index contributed by atoms with van der Waals surface area (Å²) in [5.74, 6) is 0.843. The van der Waals surface area contributed by atoms with E-state index in [1.54, 1.807) is 0 Å². The summed E-state index contributed by atoms with van der Waals surface area (Å²) in [6.07, 6.45) is 3.31. The van der Waals surface area contributed by atoms with Crippen LogP contribution < -0.4 is 4.72 Å². The minimum atomic E-state index is -3.39. The third-order valence-corrected chi connectivity index (χ3v) is 4.14. The van der Waals surface area contributed by atoms with Crippen LogP contribution in [0.1, 0.15) is 6.42 Å². The second kappa shape index (κ2) is 6.67. The summed E-state index contributed by atoms with van der Waals surface area (Å²) in [5.41, 5.74) is 1.23. The van der Waals surface area contributed by atoms with Gasteiger partial charge in [-0.25, -0.2) is 18.4 Å². The number of halogens is 1. The zero-order chi connectivity index (χ0) is 14.4. The molecule has 5 nitrogen and oxygen atoms in total. The van der Waals surface area contributed by atoms with Crippen molar-refractivity contribution in [3.05, 3.63) is 42.7 Å². The Hall–Kier alpha value is -1.66. The summed E-state index contributed by atoms with van der Waals surface area (Å²) in [7, 11) is -3.39. The summed E-state index contributed by atoms with van der Waals surface area (Å²) >= 11 is 5.48. The third-order valence-electron chi connectivity index (χ3n) is 2.50. The molecule has 1 aromatic carbocycles. The number of nitrogens with one attached hydrogen (secondary N) is 1. The van der Waals surface area contributed by atoms with E-state index in [9.17, 15) is 8.42 Å². The quantitative estimate of drug-likeness (QED) is 0.832. The lowest BCUT2D eigenvalue weighted by molar-refractivity contribution is 0.600. The Balaban J connectivity index is 2.09. The van der Waals surface area contributed by atoms with Crippen molar-refractivity contribution in [3.8, 4) is 11.4 Å². The van der Waals surface area contributed by atoms with Crippen LogP contribution in [-0.4, -0.2) is 30.0 Å². The average molecular weight is 312 g/mol. The van der Waals surface area contributed by atoms with E-state index in [2.05, 4.69) is 14.7 Å². The smallest absolute Gasteiger partial charge is 0.232 e. The molecule has 1 heterocycles. The summed E-state index contributed by atoms with van der Waals surface area (Å²) in [5, 5.41) is 0. The first-order valence-corrected chi connectivity index (χ1v) is 8.23. The molecule has 0 amide bonds. The lowest BCUT2D eigenvalue weighted by atomic mass is 10.2. The van der Waals surface area contributed by atoms with E-state index in [1.807, 2.05) is 30.3 Å². The number of sulfonamides is 1. The van der Waals surface area contributed by atoms with Crippen molar-refractivity contribution >= 4 is 27.3 Å². The van der Waals surface area contributed by atoms with Gasteiger partial charge in [0.15, 0.2) is 5.82 Å². The molecule has 1 N–H and O–H groups in total. The van der Waals surface area contributed by atoms with Gasteiger partial charge in [0.1, 0.15) is 0 Å². The van der Waals surface area contributed by atoms with Crippen LogP contribution in [0.25, 0.3) is 11.4 Å². The van der Waals surface area contributed by atoms with Crippen LogP contribution in [0, 0.1) is 0 Å². The molecule has 0 aliphatic rings. The van der Waals surface area contributed by atoms with Crippen molar-refractivity contribution < 1.29 is 8.42 Å². The highest BCUT2D eigenvalue weighted by molar-refractivity contribution is 7.92. The van der Waals surface area contributed by atoms with Gasteiger partial charge in [-0.3, -0.25) is 4.72 Å². The molecular weight excluding hydrogens is 298 g/mol. The highest BCUT2D eigenvalue weighted by atomic mass is 35.5. The molecule has 0 saturated carbocycles. The van der Waals surface area contributed by atoms with Gasteiger partial charge >= 0.3 is 0 Å². The molecule has 0 fully saturated rings. The van der Waals surface area contributed by atoms with Crippen molar-refractivity contribution in [2.24, 2.45) is 0 Å². The minimum absolute atomic E-state index is 0.0169. The van der Waals surface area contributed by atoms with Crippen LogP contribution in [0.2, 0.25) is 0 Å². The first-order chi connectivity index (χ1) is 9.61. The van der Waals surface area contributed by atoms with E-state index in [0.29, 0.717) is 23.8 Å². The van der Waals surface area contributed by atoms with E-state index in [1.165, 1.54) is 12.4 Å². The molecule has 0 bridgehead atoms. The van der Waals surface area contributed by atoms with Crippen LogP contribution in [0.3, 0.4) is 0 Å². The first kappa shape index (κ1) is 14.7. The molecule has 1 aromatic heterocycles. The molecule has 0 atom stereocenters. The Kier molecular flexibility index (Phi) is 4.92. The standard InChI is InChI=1S/C13H14ClN3O2S/c14-7-4-8-20(18,19)17-12-9-15-13(16-10-12)11-5-2-1-3-6-11/h1-3,5-6,9-10,17H,4,7-8H2. The van der Waals surface area contributed by atoms with Crippen LogP contribution in [0.4, 0.5) is 5.69 Å². The molecule has 0 unspecified atom stereocenters. The van der Waals surface area contributed by atoms with Gasteiger partial charge in [-0.2, -0.15) is 0 Å². The van der Waals surface area contributed by atoms with Crippen LogP contribution >= 0.6 is 11.6 Å². The number of benzene rings is 1. The molecule has 7 heteroatoms. The molecule has 0 aliphatic carbocycles. The van der Waals surface area contributed by atoms with Gasteiger partial charge in [-0.05, 0) is 6.42 Å². The summed E-state index contributed by atoms with van der Waals surface area (Å²) in [4.78, 5) is 8.30. The van der Waals surface area contributed by atoms with Crippen LogP contribution in [0.15, 0.2) is 42.7 Å². The van der Waals surface area contributed by atoms with E-state index >= 15 is 0 Å². The predicted octanol–water partition coefficient (Wildman–Crippen LogP) is 2.51. The molecule has 0 radical (unpaired) electrons. The van der Waals surface area contributed by atoms with Crippen LogP contribution in [0.5, 0.6) is 0 Å². The largest absolute Gasteiger partial charge is 0.280 e. The maximum absolute atomic E-state index is 11.7. The van der Waals surface area contributed by atoms with Crippen molar-refractivity contribution in [3.63, 3.8) is 0 Å². The number of anilines is 1. The second-order valence-electron chi connectivity index (χ2n) is 4.12. The number of nitrogens with zero attached hydrogens (tertiary/aromatic N) is 2. The molecule has 0 saturated heterocycles. The highest BCUT2D eigenvalue weighted by Crippen LogP contribution is 2.15. The molecule has 0 spiro atoms. The highest BCUT2D eigenvalue weighted by Gasteiger charge is 2.10. The number of aromatic nitrogens is 2. The van der Waals surface area contributed by atoms with Gasteiger partial charge in [0.25, 0.3) is 0 Å².